The van der Waals surface area contributed by atoms with Crippen molar-refractivity contribution in [3.63, 3.8) is 0 Å². The first-order valence-corrected chi connectivity index (χ1v) is 17.3. The van der Waals surface area contributed by atoms with E-state index in [4.69, 9.17) is 0 Å². The fourth-order valence-corrected chi connectivity index (χ4v) is 12.4. The lowest BCUT2D eigenvalue weighted by Crippen LogP contribution is -3.00. The lowest BCUT2D eigenvalue weighted by Gasteiger charge is -2.39. The Morgan fingerprint density at radius 1 is 0.526 bits per heavy atom. The second kappa shape index (κ2) is 15.0. The van der Waals surface area contributed by atoms with Crippen molar-refractivity contribution in [2.45, 2.75) is 84.0 Å². The van der Waals surface area contributed by atoms with Crippen LogP contribution >= 0.6 is 7.26 Å². The van der Waals surface area contributed by atoms with E-state index in [0.717, 1.165) is 23.7 Å². The van der Waals surface area contributed by atoms with Gasteiger partial charge >= 0.3 is 0 Å². The summed E-state index contributed by atoms with van der Waals surface area (Å²) in [5, 5.41) is 4.66. The average molecular weight is 639 g/mol. The van der Waals surface area contributed by atoms with Crippen molar-refractivity contribution >= 4 is 23.2 Å². The van der Waals surface area contributed by atoms with Gasteiger partial charge in [0, 0.05) is 0 Å². The fourth-order valence-electron chi connectivity index (χ4n) is 7.67. The molecule has 0 atom stereocenters. The number of unbranched alkanes of at least 4 members (excludes halogenated alkanes) is 2. The summed E-state index contributed by atoms with van der Waals surface area (Å²) < 4.78 is 0. The zero-order valence-electron chi connectivity index (χ0n) is 23.5. The molecule has 2 aliphatic rings. The van der Waals surface area contributed by atoms with Crippen molar-refractivity contribution in [1.29, 1.82) is 0 Å². The van der Waals surface area contributed by atoms with Crippen molar-refractivity contribution in [3.8, 4) is 0 Å². The number of rotatable bonds is 10. The molecular formula is C36H48IP. The Morgan fingerprint density at radius 3 is 1.32 bits per heavy atom. The van der Waals surface area contributed by atoms with E-state index in [9.17, 15) is 0 Å². The van der Waals surface area contributed by atoms with Gasteiger partial charge in [0.25, 0.3) is 0 Å². The van der Waals surface area contributed by atoms with E-state index in [2.05, 4.69) is 97.9 Å². The van der Waals surface area contributed by atoms with Crippen LogP contribution in [0.4, 0.5) is 0 Å². The number of halogens is 1. The highest BCUT2D eigenvalue weighted by Crippen LogP contribution is 2.58. The highest BCUT2D eigenvalue weighted by molar-refractivity contribution is 7.95. The molecule has 0 radical (unpaired) electrons. The number of hydrogen-bond acceptors (Lipinski definition) is 0. The summed E-state index contributed by atoms with van der Waals surface area (Å²) in [6.07, 6.45) is 18.9. The topological polar surface area (TPSA) is 0 Å². The van der Waals surface area contributed by atoms with Gasteiger partial charge in [-0.15, -0.1) is 0 Å². The first-order valence-electron chi connectivity index (χ1n) is 15.3. The smallest absolute Gasteiger partial charge is 0.112 e. The van der Waals surface area contributed by atoms with E-state index >= 15 is 0 Å². The molecule has 0 saturated heterocycles. The molecule has 5 rings (SSSR count). The van der Waals surface area contributed by atoms with Crippen LogP contribution in [0.1, 0.15) is 84.0 Å². The Kier molecular flexibility index (Phi) is 11.8. The SMILES string of the molecule is CCCCCC1CCC(C2CCC(C[P+](c3ccccc3)(c3ccccc3)c3ccccc3)CC2)CC1.[I-]. The molecule has 0 heterocycles. The summed E-state index contributed by atoms with van der Waals surface area (Å²) in [6.45, 7) is 2.33. The molecule has 0 aromatic heterocycles. The first kappa shape index (κ1) is 29.8. The maximum Gasteiger partial charge on any atom is 0.112 e. The summed E-state index contributed by atoms with van der Waals surface area (Å²) in [7, 11) is -1.70. The quantitative estimate of drug-likeness (QED) is 0.142. The Bertz CT molecular complexity index is 938. The molecule has 3 aromatic carbocycles. The standard InChI is InChI=1S/C36H48P.HI/c1-2-3-7-14-30-21-25-32(26-22-30)33-27-23-31(24-28-33)29-37(34-15-8-4-9-16-34,35-17-10-5-11-18-35)36-19-12-6-13-20-36;/h4-6,8-13,15-20,30-33H,2-3,7,14,21-29H2,1H3;1H/q+1;/p-1. The van der Waals surface area contributed by atoms with Gasteiger partial charge in [0.1, 0.15) is 23.2 Å². The Balaban J connectivity index is 0.00000336. The van der Waals surface area contributed by atoms with Gasteiger partial charge < -0.3 is 24.0 Å². The molecule has 2 aliphatic carbocycles. The first-order chi connectivity index (χ1) is 18.3. The zero-order valence-corrected chi connectivity index (χ0v) is 26.5. The Morgan fingerprint density at radius 2 is 0.921 bits per heavy atom. The Hall–Kier alpha value is -1.18. The largest absolute Gasteiger partial charge is 1.00 e. The zero-order chi connectivity index (χ0) is 25.3. The molecule has 0 spiro atoms. The number of hydrogen-bond donors (Lipinski definition) is 0. The van der Waals surface area contributed by atoms with Gasteiger partial charge in [0.05, 0.1) is 6.16 Å². The van der Waals surface area contributed by atoms with E-state index < -0.39 is 7.26 Å². The van der Waals surface area contributed by atoms with Gasteiger partial charge in [-0.25, -0.2) is 0 Å². The van der Waals surface area contributed by atoms with Crippen LogP contribution in [0.5, 0.6) is 0 Å². The van der Waals surface area contributed by atoms with Crippen molar-refractivity contribution in [1.82, 2.24) is 0 Å². The monoisotopic (exact) mass is 638 g/mol. The third-order valence-corrected chi connectivity index (χ3v) is 14.4. The van der Waals surface area contributed by atoms with Gasteiger partial charge in [-0.2, -0.15) is 0 Å². The van der Waals surface area contributed by atoms with Crippen LogP contribution in [-0.2, 0) is 0 Å². The van der Waals surface area contributed by atoms with E-state index in [1.165, 1.54) is 83.2 Å². The third kappa shape index (κ3) is 7.11. The predicted molar refractivity (Wildman–Crippen MR) is 165 cm³/mol. The summed E-state index contributed by atoms with van der Waals surface area (Å²) in [5.41, 5.74) is 0. The van der Waals surface area contributed by atoms with Crippen LogP contribution in [0, 0.1) is 23.7 Å². The normalized spacial score (nSPS) is 23.9. The molecule has 2 saturated carbocycles. The van der Waals surface area contributed by atoms with Crippen LogP contribution in [0.15, 0.2) is 91.0 Å². The van der Waals surface area contributed by atoms with Crippen LogP contribution in [0.25, 0.3) is 0 Å². The fraction of sp³-hybridized carbons (Fsp3) is 0.500. The van der Waals surface area contributed by atoms with Gasteiger partial charge in [-0.3, -0.25) is 0 Å². The summed E-state index contributed by atoms with van der Waals surface area (Å²) in [5.74, 6) is 3.87. The van der Waals surface area contributed by atoms with Gasteiger partial charge in [-0.05, 0) is 98.6 Å². The van der Waals surface area contributed by atoms with Crippen LogP contribution in [0.3, 0.4) is 0 Å². The molecule has 0 amide bonds. The molecule has 38 heavy (non-hydrogen) atoms. The summed E-state index contributed by atoms with van der Waals surface area (Å²) in [4.78, 5) is 0. The molecular weight excluding hydrogens is 590 g/mol. The molecule has 2 fully saturated rings. The highest BCUT2D eigenvalue weighted by Gasteiger charge is 2.47. The van der Waals surface area contributed by atoms with Crippen molar-refractivity contribution < 1.29 is 24.0 Å². The third-order valence-electron chi connectivity index (χ3n) is 9.79. The minimum Gasteiger partial charge on any atom is -1.00 e. The van der Waals surface area contributed by atoms with E-state index in [1.54, 1.807) is 15.9 Å². The van der Waals surface area contributed by atoms with E-state index in [1.807, 2.05) is 0 Å². The highest BCUT2D eigenvalue weighted by atomic mass is 127. The van der Waals surface area contributed by atoms with Crippen molar-refractivity contribution in [2.75, 3.05) is 6.16 Å². The molecule has 0 unspecified atom stereocenters. The van der Waals surface area contributed by atoms with Crippen LogP contribution in [-0.4, -0.2) is 6.16 Å². The van der Waals surface area contributed by atoms with E-state index in [0.29, 0.717) is 0 Å². The van der Waals surface area contributed by atoms with Crippen LogP contribution < -0.4 is 39.9 Å². The summed E-state index contributed by atoms with van der Waals surface area (Å²) in [6, 6.07) is 34.6. The lowest BCUT2D eigenvalue weighted by molar-refractivity contribution is -0.00000755. The van der Waals surface area contributed by atoms with Crippen molar-refractivity contribution in [2.24, 2.45) is 23.7 Å². The minimum atomic E-state index is -1.70. The van der Waals surface area contributed by atoms with Gasteiger partial charge in [0.15, 0.2) is 0 Å². The predicted octanol–water partition coefficient (Wildman–Crippen LogP) is 6.18. The minimum absolute atomic E-state index is 0. The average Bonchev–Trinajstić information content (AvgIpc) is 2.98. The molecule has 0 nitrogen and oxygen atoms in total. The maximum atomic E-state index is 2.42. The van der Waals surface area contributed by atoms with Gasteiger partial charge in [0.2, 0.25) is 0 Å². The lowest BCUT2D eigenvalue weighted by atomic mass is 9.69. The molecule has 0 aliphatic heterocycles. The van der Waals surface area contributed by atoms with Crippen molar-refractivity contribution in [3.05, 3.63) is 91.0 Å². The summed E-state index contributed by atoms with van der Waals surface area (Å²) >= 11 is 0. The molecule has 0 N–H and O–H groups in total. The van der Waals surface area contributed by atoms with Crippen LogP contribution in [0.2, 0.25) is 0 Å². The number of benzene rings is 3. The molecule has 2 heteroatoms. The molecule has 0 bridgehead atoms. The Labute approximate surface area is 250 Å². The maximum absolute atomic E-state index is 2.42. The second-order valence-corrected chi connectivity index (χ2v) is 15.6. The van der Waals surface area contributed by atoms with Gasteiger partial charge in [-0.1, -0.05) is 100 Å². The second-order valence-electron chi connectivity index (χ2n) is 12.1. The molecule has 3 aromatic rings. The molecule has 204 valence electrons. The van der Waals surface area contributed by atoms with E-state index in [-0.39, 0.29) is 24.0 Å².